The summed E-state index contributed by atoms with van der Waals surface area (Å²) in [6.45, 7) is 8.26. The minimum atomic E-state index is -0.885. The van der Waals surface area contributed by atoms with E-state index in [0.717, 1.165) is 18.4 Å². The Hall–Kier alpha value is -1.31. The number of hydrogen-bond donors (Lipinski definition) is 1. The summed E-state index contributed by atoms with van der Waals surface area (Å²) in [6.07, 6.45) is 10.7. The lowest BCUT2D eigenvalue weighted by molar-refractivity contribution is -0.131. The van der Waals surface area contributed by atoms with Crippen LogP contribution in [0.4, 0.5) is 0 Å². The Labute approximate surface area is 105 Å². The highest BCUT2D eigenvalue weighted by Gasteiger charge is 1.98. The van der Waals surface area contributed by atoms with Gasteiger partial charge >= 0.3 is 5.97 Å². The van der Waals surface area contributed by atoms with Gasteiger partial charge in [-0.3, -0.25) is 0 Å². The predicted molar refractivity (Wildman–Crippen MR) is 73.0 cm³/mol. The fraction of sp³-hybridized carbons (Fsp3) is 0.533. The first-order valence-corrected chi connectivity index (χ1v) is 6.13. The summed E-state index contributed by atoms with van der Waals surface area (Å²) in [5.74, 6) is -0.247. The SMILES string of the molecule is CC(C)=CCCC(C)CC=CC(C)=CC(=O)O. The second-order valence-electron chi connectivity index (χ2n) is 4.83. The molecule has 0 fully saturated rings. The van der Waals surface area contributed by atoms with Crippen LogP contribution in [0, 0.1) is 5.92 Å². The number of carboxylic acids is 1. The minimum absolute atomic E-state index is 0.638. The zero-order valence-corrected chi connectivity index (χ0v) is 11.4. The van der Waals surface area contributed by atoms with Gasteiger partial charge in [0.2, 0.25) is 0 Å². The van der Waals surface area contributed by atoms with E-state index in [1.807, 2.05) is 6.08 Å². The van der Waals surface area contributed by atoms with Crippen molar-refractivity contribution in [2.24, 2.45) is 5.92 Å². The maximum Gasteiger partial charge on any atom is 0.328 e. The van der Waals surface area contributed by atoms with Gasteiger partial charge in [0.25, 0.3) is 0 Å². The van der Waals surface area contributed by atoms with Gasteiger partial charge in [-0.05, 0) is 51.5 Å². The van der Waals surface area contributed by atoms with Gasteiger partial charge in [0.05, 0.1) is 0 Å². The monoisotopic (exact) mass is 236 g/mol. The molecule has 96 valence electrons. The first-order chi connectivity index (χ1) is 7.91. The summed E-state index contributed by atoms with van der Waals surface area (Å²) in [6, 6.07) is 0. The molecule has 1 N–H and O–H groups in total. The lowest BCUT2D eigenvalue weighted by Crippen LogP contribution is -1.92. The third-order valence-corrected chi connectivity index (χ3v) is 2.48. The van der Waals surface area contributed by atoms with E-state index in [9.17, 15) is 4.79 Å². The summed E-state index contributed by atoms with van der Waals surface area (Å²) in [7, 11) is 0. The topological polar surface area (TPSA) is 37.3 Å². The van der Waals surface area contributed by atoms with Crippen LogP contribution in [-0.4, -0.2) is 11.1 Å². The van der Waals surface area contributed by atoms with E-state index in [1.54, 1.807) is 6.92 Å². The number of allylic oxidation sites excluding steroid dienone is 5. The predicted octanol–water partition coefficient (Wildman–Crippen LogP) is 4.35. The molecule has 2 nitrogen and oxygen atoms in total. The minimum Gasteiger partial charge on any atom is -0.478 e. The van der Waals surface area contributed by atoms with Crippen molar-refractivity contribution in [2.75, 3.05) is 0 Å². The molecule has 1 unspecified atom stereocenters. The third-order valence-electron chi connectivity index (χ3n) is 2.48. The van der Waals surface area contributed by atoms with E-state index in [2.05, 4.69) is 32.9 Å². The van der Waals surface area contributed by atoms with Gasteiger partial charge in [-0.15, -0.1) is 0 Å². The van der Waals surface area contributed by atoms with Crippen molar-refractivity contribution in [1.29, 1.82) is 0 Å². The van der Waals surface area contributed by atoms with Gasteiger partial charge in [-0.25, -0.2) is 4.79 Å². The Kier molecular flexibility index (Phi) is 8.12. The van der Waals surface area contributed by atoms with Crippen molar-refractivity contribution in [3.8, 4) is 0 Å². The maximum atomic E-state index is 10.4. The van der Waals surface area contributed by atoms with E-state index in [1.165, 1.54) is 18.1 Å². The zero-order chi connectivity index (χ0) is 13.3. The molecule has 0 spiro atoms. The van der Waals surface area contributed by atoms with Crippen molar-refractivity contribution in [3.63, 3.8) is 0 Å². The Morgan fingerprint density at radius 2 is 1.94 bits per heavy atom. The van der Waals surface area contributed by atoms with Crippen molar-refractivity contribution >= 4 is 5.97 Å². The molecule has 2 heteroatoms. The van der Waals surface area contributed by atoms with Crippen LogP contribution in [-0.2, 0) is 4.79 Å². The van der Waals surface area contributed by atoms with Crippen molar-refractivity contribution in [2.45, 2.75) is 47.0 Å². The fourth-order valence-corrected chi connectivity index (χ4v) is 1.50. The molecule has 0 aromatic carbocycles. The number of hydrogen-bond acceptors (Lipinski definition) is 1. The number of rotatable bonds is 7. The standard InChI is InChI=1S/C15H24O2/c1-12(2)7-5-8-13(3)9-6-10-14(4)11-15(16)17/h6-7,10-11,13H,5,8-9H2,1-4H3,(H,16,17). The molecule has 17 heavy (non-hydrogen) atoms. The molecule has 0 aliphatic carbocycles. The van der Waals surface area contributed by atoms with Crippen LogP contribution in [0.15, 0.2) is 35.5 Å². The van der Waals surface area contributed by atoms with E-state index in [0.29, 0.717) is 5.92 Å². The molecule has 0 aliphatic heterocycles. The molecule has 0 aromatic heterocycles. The van der Waals surface area contributed by atoms with Crippen molar-refractivity contribution in [3.05, 3.63) is 35.5 Å². The maximum absolute atomic E-state index is 10.4. The second kappa shape index (κ2) is 8.80. The highest BCUT2D eigenvalue weighted by molar-refractivity contribution is 5.81. The second-order valence-corrected chi connectivity index (χ2v) is 4.83. The summed E-state index contributed by atoms with van der Waals surface area (Å²) in [5, 5.41) is 8.54. The largest absolute Gasteiger partial charge is 0.478 e. The quantitative estimate of drug-likeness (QED) is 0.405. The number of aliphatic carboxylic acids is 1. The Balaban J connectivity index is 3.91. The molecule has 0 aromatic rings. The van der Waals surface area contributed by atoms with Crippen molar-refractivity contribution in [1.82, 2.24) is 0 Å². The molecule has 1 atom stereocenters. The van der Waals surface area contributed by atoms with E-state index >= 15 is 0 Å². The summed E-state index contributed by atoms with van der Waals surface area (Å²) in [5.41, 5.74) is 2.15. The van der Waals surface area contributed by atoms with Crippen LogP contribution in [0.25, 0.3) is 0 Å². The average molecular weight is 236 g/mol. The Bertz CT molecular complexity index is 318. The highest BCUT2D eigenvalue weighted by atomic mass is 16.4. The van der Waals surface area contributed by atoms with Crippen LogP contribution in [0.3, 0.4) is 0 Å². The van der Waals surface area contributed by atoms with Gasteiger partial charge in [0.1, 0.15) is 0 Å². The molecular weight excluding hydrogens is 212 g/mol. The molecule has 0 rings (SSSR count). The molecule has 0 saturated heterocycles. The van der Waals surface area contributed by atoms with Gasteiger partial charge in [-0.1, -0.05) is 30.7 Å². The lowest BCUT2D eigenvalue weighted by atomic mass is 10.0. The van der Waals surface area contributed by atoms with Crippen LogP contribution in [0.5, 0.6) is 0 Å². The van der Waals surface area contributed by atoms with E-state index in [-0.39, 0.29) is 0 Å². The summed E-state index contributed by atoms with van der Waals surface area (Å²) in [4.78, 5) is 10.4. The number of carbonyl (C=O) groups is 1. The van der Waals surface area contributed by atoms with Gasteiger partial charge in [0.15, 0.2) is 0 Å². The summed E-state index contributed by atoms with van der Waals surface area (Å²) >= 11 is 0. The number of carboxylic acid groups (broad SMARTS) is 1. The zero-order valence-electron chi connectivity index (χ0n) is 11.4. The average Bonchev–Trinajstić information content (AvgIpc) is 2.15. The molecule has 0 heterocycles. The Morgan fingerprint density at radius 3 is 2.47 bits per heavy atom. The van der Waals surface area contributed by atoms with Crippen LogP contribution >= 0.6 is 0 Å². The van der Waals surface area contributed by atoms with Crippen LogP contribution < -0.4 is 0 Å². The molecule has 0 bridgehead atoms. The summed E-state index contributed by atoms with van der Waals surface area (Å²) < 4.78 is 0. The smallest absolute Gasteiger partial charge is 0.328 e. The first-order valence-electron chi connectivity index (χ1n) is 6.13. The van der Waals surface area contributed by atoms with E-state index < -0.39 is 5.97 Å². The fourth-order valence-electron chi connectivity index (χ4n) is 1.50. The Morgan fingerprint density at radius 1 is 1.29 bits per heavy atom. The molecule has 0 aliphatic rings. The van der Waals surface area contributed by atoms with Crippen LogP contribution in [0.2, 0.25) is 0 Å². The molecule has 0 saturated carbocycles. The van der Waals surface area contributed by atoms with Crippen LogP contribution in [0.1, 0.15) is 47.0 Å². The molecular formula is C15H24O2. The normalized spacial score (nSPS) is 13.8. The van der Waals surface area contributed by atoms with Gasteiger partial charge < -0.3 is 5.11 Å². The molecule has 0 radical (unpaired) electrons. The van der Waals surface area contributed by atoms with E-state index in [4.69, 9.17) is 5.11 Å². The lowest BCUT2D eigenvalue weighted by Gasteiger charge is -2.06. The van der Waals surface area contributed by atoms with Crippen molar-refractivity contribution < 1.29 is 9.90 Å². The van der Waals surface area contributed by atoms with Gasteiger partial charge in [-0.2, -0.15) is 0 Å². The first kappa shape index (κ1) is 15.7. The van der Waals surface area contributed by atoms with Gasteiger partial charge in [0, 0.05) is 6.08 Å². The molecule has 0 amide bonds. The third kappa shape index (κ3) is 11.0. The highest BCUT2D eigenvalue weighted by Crippen LogP contribution is 2.13.